The normalized spacial score (nSPS) is 13.6. The highest BCUT2D eigenvalue weighted by molar-refractivity contribution is 7.47. The molecule has 0 aromatic carbocycles. The summed E-state index contributed by atoms with van der Waals surface area (Å²) in [6.07, 6.45) is 30.7. The van der Waals surface area contributed by atoms with Gasteiger partial charge in [0.25, 0.3) is 0 Å². The summed E-state index contributed by atoms with van der Waals surface area (Å²) in [5.41, 5.74) is 0. The van der Waals surface area contributed by atoms with E-state index < -0.39 is 39.1 Å². The maximum atomic E-state index is 12.5. The van der Waals surface area contributed by atoms with Crippen LogP contribution >= 0.6 is 7.82 Å². The molecule has 4 N–H and O–H groups in total. The van der Waals surface area contributed by atoms with Crippen molar-refractivity contribution in [2.75, 3.05) is 39.6 Å². The van der Waals surface area contributed by atoms with Gasteiger partial charge >= 0.3 is 19.8 Å². The summed E-state index contributed by atoms with van der Waals surface area (Å²) in [5.74, 6) is -0.924. The van der Waals surface area contributed by atoms with E-state index in [1.54, 1.807) is 0 Å². The standard InChI is InChI=1S/C37H69O11P/c38-29-25-21-17-13-9-5-2-1-3-8-12-16-20-24-28-37(42)48-35(34-47-49(43,44)46-32-31-40)33-45-36(41)27-23-19-15-11-7-4-6-10-14-18-22-26-30-39/h5-6,9-10,35,38-40H,1-4,7-8,11-34H2,(H,43,44)/b9-5-,10-6-/t35-/m1/s1. The Balaban J connectivity index is 4.22. The van der Waals surface area contributed by atoms with Crippen LogP contribution in [0.15, 0.2) is 24.3 Å². The Morgan fingerprint density at radius 1 is 0.510 bits per heavy atom. The fraction of sp³-hybridized carbons (Fsp3) is 0.838. The quantitative estimate of drug-likeness (QED) is 0.0212. The van der Waals surface area contributed by atoms with Gasteiger partial charge in [-0.15, -0.1) is 0 Å². The number of esters is 2. The minimum absolute atomic E-state index is 0.186. The molecule has 0 saturated heterocycles. The maximum Gasteiger partial charge on any atom is 0.472 e. The van der Waals surface area contributed by atoms with E-state index in [9.17, 15) is 19.0 Å². The van der Waals surface area contributed by atoms with Crippen molar-refractivity contribution in [2.45, 2.75) is 160 Å². The molecule has 11 nitrogen and oxygen atoms in total. The number of rotatable bonds is 37. The van der Waals surface area contributed by atoms with Crippen LogP contribution in [0.25, 0.3) is 0 Å². The number of aliphatic hydroxyl groups excluding tert-OH is 3. The van der Waals surface area contributed by atoms with Gasteiger partial charge in [-0.25, -0.2) is 4.57 Å². The Bertz CT molecular complexity index is 865. The highest BCUT2D eigenvalue weighted by atomic mass is 31.2. The van der Waals surface area contributed by atoms with Gasteiger partial charge in [0.2, 0.25) is 0 Å². The first-order chi connectivity index (χ1) is 23.8. The van der Waals surface area contributed by atoms with Crippen molar-refractivity contribution >= 4 is 19.8 Å². The number of hydrogen-bond donors (Lipinski definition) is 4. The number of ether oxygens (including phenoxy) is 2. The molecule has 0 rings (SSSR count). The van der Waals surface area contributed by atoms with Gasteiger partial charge in [0.15, 0.2) is 6.10 Å². The molecule has 0 radical (unpaired) electrons. The zero-order valence-electron chi connectivity index (χ0n) is 30.2. The predicted octanol–water partition coefficient (Wildman–Crippen LogP) is 8.03. The Morgan fingerprint density at radius 3 is 1.37 bits per heavy atom. The molecule has 1 unspecified atom stereocenters. The number of aliphatic hydroxyl groups is 3. The van der Waals surface area contributed by atoms with E-state index in [-0.39, 0.29) is 39.3 Å². The van der Waals surface area contributed by atoms with Gasteiger partial charge in [-0.1, -0.05) is 88.5 Å². The number of phosphoric ester groups is 1. The Hall–Kier alpha value is -1.59. The number of carbonyl (C=O) groups is 2. The van der Waals surface area contributed by atoms with Gasteiger partial charge in [0.1, 0.15) is 6.61 Å². The molecular formula is C37H69O11P. The molecule has 0 amide bonds. The largest absolute Gasteiger partial charge is 0.472 e. The van der Waals surface area contributed by atoms with Crippen molar-refractivity contribution in [1.82, 2.24) is 0 Å². The molecule has 0 aromatic rings. The topological polar surface area (TPSA) is 169 Å². The van der Waals surface area contributed by atoms with Gasteiger partial charge in [0.05, 0.1) is 19.8 Å². The van der Waals surface area contributed by atoms with Crippen molar-refractivity contribution in [3.05, 3.63) is 24.3 Å². The average Bonchev–Trinajstić information content (AvgIpc) is 3.08. The van der Waals surface area contributed by atoms with Crippen LogP contribution in [0, 0.1) is 0 Å². The summed E-state index contributed by atoms with van der Waals surface area (Å²) in [7, 11) is -4.47. The van der Waals surface area contributed by atoms with Crippen LogP contribution in [0.4, 0.5) is 0 Å². The number of carbonyl (C=O) groups excluding carboxylic acids is 2. The molecule has 2 atom stereocenters. The molecule has 0 heterocycles. The van der Waals surface area contributed by atoms with Gasteiger partial charge in [-0.05, 0) is 77.0 Å². The van der Waals surface area contributed by atoms with E-state index in [0.717, 1.165) is 116 Å². The number of phosphoric acid groups is 1. The second kappa shape index (κ2) is 36.2. The van der Waals surface area contributed by atoms with Crippen molar-refractivity contribution in [3.8, 4) is 0 Å². The first-order valence-corrected chi connectivity index (χ1v) is 20.4. The van der Waals surface area contributed by atoms with E-state index in [0.29, 0.717) is 12.8 Å². The average molecular weight is 721 g/mol. The molecule has 0 aromatic heterocycles. The molecule has 0 aliphatic rings. The molecule has 0 aliphatic heterocycles. The minimum atomic E-state index is -4.47. The number of unbranched alkanes of at least 4 members (excludes halogenated alkanes) is 18. The van der Waals surface area contributed by atoms with E-state index in [1.807, 2.05) is 0 Å². The second-order valence-electron chi connectivity index (χ2n) is 12.5. The molecule has 0 aliphatic carbocycles. The molecule has 0 spiro atoms. The van der Waals surface area contributed by atoms with Gasteiger partial charge in [-0.2, -0.15) is 0 Å². The van der Waals surface area contributed by atoms with Crippen molar-refractivity contribution in [2.24, 2.45) is 0 Å². The summed E-state index contributed by atoms with van der Waals surface area (Å²) < 4.78 is 32.3. The van der Waals surface area contributed by atoms with Gasteiger partial charge in [-0.3, -0.25) is 18.6 Å². The van der Waals surface area contributed by atoms with E-state index >= 15 is 0 Å². The summed E-state index contributed by atoms with van der Waals surface area (Å²) >= 11 is 0. The lowest BCUT2D eigenvalue weighted by atomic mass is 10.1. The van der Waals surface area contributed by atoms with Crippen LogP contribution in [-0.2, 0) is 32.7 Å². The van der Waals surface area contributed by atoms with Crippen molar-refractivity contribution in [1.29, 1.82) is 0 Å². The van der Waals surface area contributed by atoms with E-state index in [1.165, 1.54) is 12.8 Å². The SMILES string of the molecule is O=C(CCCCCCC/C=C\CCCCCO)OC[C@H](COP(=O)(O)OCCO)OC(=O)CCCCCCCCC/C=C\CCCCCO. The minimum Gasteiger partial charge on any atom is -0.462 e. The molecule has 12 heteroatoms. The lowest BCUT2D eigenvalue weighted by Gasteiger charge is -2.19. The van der Waals surface area contributed by atoms with Gasteiger partial charge in [0, 0.05) is 26.1 Å². The van der Waals surface area contributed by atoms with E-state index in [4.69, 9.17) is 29.3 Å². The van der Waals surface area contributed by atoms with Crippen LogP contribution in [0.1, 0.15) is 154 Å². The van der Waals surface area contributed by atoms with Crippen LogP contribution in [-0.4, -0.2) is 77.9 Å². The smallest absolute Gasteiger partial charge is 0.462 e. The Labute approximate surface area is 296 Å². The Kier molecular flexibility index (Phi) is 35.0. The second-order valence-corrected chi connectivity index (χ2v) is 14.0. The zero-order valence-corrected chi connectivity index (χ0v) is 31.1. The first kappa shape index (κ1) is 47.4. The Morgan fingerprint density at radius 2 is 0.918 bits per heavy atom. The molecule has 0 bridgehead atoms. The third-order valence-electron chi connectivity index (χ3n) is 7.89. The van der Waals surface area contributed by atoms with Crippen LogP contribution in [0.5, 0.6) is 0 Å². The molecule has 49 heavy (non-hydrogen) atoms. The lowest BCUT2D eigenvalue weighted by molar-refractivity contribution is -0.161. The number of hydrogen-bond acceptors (Lipinski definition) is 10. The monoisotopic (exact) mass is 720 g/mol. The van der Waals surface area contributed by atoms with Crippen LogP contribution in [0.3, 0.4) is 0 Å². The van der Waals surface area contributed by atoms with Crippen molar-refractivity contribution < 1.29 is 52.9 Å². The highest BCUT2D eigenvalue weighted by Gasteiger charge is 2.26. The summed E-state index contributed by atoms with van der Waals surface area (Å²) in [6.45, 7) is -1.10. The lowest BCUT2D eigenvalue weighted by Crippen LogP contribution is -2.29. The third kappa shape index (κ3) is 36.0. The van der Waals surface area contributed by atoms with Gasteiger partial charge < -0.3 is 29.7 Å². The number of allylic oxidation sites excluding steroid dienone is 4. The summed E-state index contributed by atoms with van der Waals surface area (Å²) in [5, 5.41) is 26.4. The van der Waals surface area contributed by atoms with E-state index in [2.05, 4.69) is 28.8 Å². The molecule has 0 saturated carbocycles. The molecule has 288 valence electrons. The third-order valence-corrected chi connectivity index (χ3v) is 8.88. The first-order valence-electron chi connectivity index (χ1n) is 18.9. The summed E-state index contributed by atoms with van der Waals surface area (Å²) in [4.78, 5) is 34.6. The molecular weight excluding hydrogens is 651 g/mol. The zero-order chi connectivity index (χ0) is 36.1. The van der Waals surface area contributed by atoms with Crippen LogP contribution < -0.4 is 0 Å². The fourth-order valence-corrected chi connectivity index (χ4v) is 5.78. The molecule has 0 fully saturated rings. The summed E-state index contributed by atoms with van der Waals surface area (Å²) in [6, 6.07) is 0. The fourth-order valence-electron chi connectivity index (χ4n) is 5.04. The maximum absolute atomic E-state index is 12.5. The predicted molar refractivity (Wildman–Crippen MR) is 193 cm³/mol. The van der Waals surface area contributed by atoms with Crippen molar-refractivity contribution in [3.63, 3.8) is 0 Å². The highest BCUT2D eigenvalue weighted by Crippen LogP contribution is 2.43. The van der Waals surface area contributed by atoms with Crippen LogP contribution in [0.2, 0.25) is 0 Å².